The molecule has 1 aliphatic heterocycles. The van der Waals surface area contributed by atoms with Crippen molar-refractivity contribution in [1.82, 2.24) is 19.7 Å². The first-order chi connectivity index (χ1) is 15.6. The Bertz CT molecular complexity index is 1130. The van der Waals surface area contributed by atoms with Crippen LogP contribution in [0.1, 0.15) is 17.8 Å². The zero-order chi connectivity index (χ0) is 22.3. The van der Waals surface area contributed by atoms with Gasteiger partial charge in [-0.05, 0) is 36.1 Å². The lowest BCUT2D eigenvalue weighted by Crippen LogP contribution is -2.29. The molecule has 5 rings (SSSR count). The number of pyridine rings is 1. The predicted molar refractivity (Wildman–Crippen MR) is 115 cm³/mol. The number of anilines is 1. The molecule has 3 heterocycles. The summed E-state index contributed by atoms with van der Waals surface area (Å²) in [6.07, 6.45) is 2.67. The van der Waals surface area contributed by atoms with E-state index in [-0.39, 0.29) is 24.4 Å². The SMILES string of the molecule is COc1ccc(-n2c(COCCF)nnc2N2CC3C[C@]3(c3ccc(F)cc3Cl)C2)cn1. The first-order valence-corrected chi connectivity index (χ1v) is 10.7. The fraction of sp³-hybridized carbons (Fsp3) is 0.409. The van der Waals surface area contributed by atoms with Crippen LogP contribution in [0.25, 0.3) is 5.69 Å². The van der Waals surface area contributed by atoms with E-state index in [9.17, 15) is 8.78 Å². The molecule has 3 aromatic rings. The second-order valence-electron chi connectivity index (χ2n) is 8.11. The summed E-state index contributed by atoms with van der Waals surface area (Å²) in [5.74, 6) is 1.75. The molecular formula is C22H22ClF2N5O2. The van der Waals surface area contributed by atoms with Crippen LogP contribution in [0.15, 0.2) is 36.5 Å². The van der Waals surface area contributed by atoms with E-state index >= 15 is 0 Å². The van der Waals surface area contributed by atoms with Crippen molar-refractivity contribution in [2.75, 3.05) is 38.4 Å². The highest BCUT2D eigenvalue weighted by molar-refractivity contribution is 6.31. The molecule has 32 heavy (non-hydrogen) atoms. The van der Waals surface area contributed by atoms with Gasteiger partial charge in [0.2, 0.25) is 11.8 Å². The van der Waals surface area contributed by atoms with E-state index in [1.54, 1.807) is 25.4 Å². The van der Waals surface area contributed by atoms with Crippen LogP contribution < -0.4 is 9.64 Å². The van der Waals surface area contributed by atoms with Gasteiger partial charge in [0.05, 0.1) is 25.6 Å². The van der Waals surface area contributed by atoms with Gasteiger partial charge in [-0.25, -0.2) is 13.8 Å². The number of hydrogen-bond donors (Lipinski definition) is 0. The smallest absolute Gasteiger partial charge is 0.232 e. The minimum Gasteiger partial charge on any atom is -0.481 e. The van der Waals surface area contributed by atoms with Crippen molar-refractivity contribution >= 4 is 17.5 Å². The van der Waals surface area contributed by atoms with Crippen LogP contribution in [-0.4, -0.2) is 53.2 Å². The third kappa shape index (κ3) is 3.59. The highest BCUT2D eigenvalue weighted by Crippen LogP contribution is 2.60. The number of halogens is 3. The highest BCUT2D eigenvalue weighted by atomic mass is 35.5. The maximum Gasteiger partial charge on any atom is 0.232 e. The van der Waals surface area contributed by atoms with E-state index in [2.05, 4.69) is 20.1 Å². The molecular weight excluding hydrogens is 440 g/mol. The summed E-state index contributed by atoms with van der Waals surface area (Å²) in [5.41, 5.74) is 1.60. The largest absolute Gasteiger partial charge is 0.481 e. The highest BCUT2D eigenvalue weighted by Gasteiger charge is 2.62. The van der Waals surface area contributed by atoms with Gasteiger partial charge in [-0.3, -0.25) is 4.57 Å². The minimum absolute atomic E-state index is 0.0129. The molecule has 0 spiro atoms. The summed E-state index contributed by atoms with van der Waals surface area (Å²) in [5, 5.41) is 9.18. The summed E-state index contributed by atoms with van der Waals surface area (Å²) >= 11 is 6.39. The molecule has 0 N–H and O–H groups in total. The summed E-state index contributed by atoms with van der Waals surface area (Å²) in [6, 6.07) is 8.23. The second kappa shape index (κ2) is 8.29. The molecule has 1 aromatic carbocycles. The number of alkyl halides is 1. The Labute approximate surface area is 188 Å². The van der Waals surface area contributed by atoms with Gasteiger partial charge in [0, 0.05) is 29.6 Å². The Kier molecular flexibility index (Phi) is 5.46. The summed E-state index contributed by atoms with van der Waals surface area (Å²) < 4.78 is 38.5. The molecule has 1 aliphatic carbocycles. The normalized spacial score (nSPS) is 21.6. The number of aromatic nitrogens is 4. The van der Waals surface area contributed by atoms with Gasteiger partial charge >= 0.3 is 0 Å². The average Bonchev–Trinajstić information content (AvgIpc) is 3.14. The number of hydrogen-bond acceptors (Lipinski definition) is 6. The Morgan fingerprint density at radius 3 is 2.84 bits per heavy atom. The molecule has 1 unspecified atom stereocenters. The molecule has 7 nitrogen and oxygen atoms in total. The van der Waals surface area contributed by atoms with E-state index in [1.165, 1.54) is 12.1 Å². The van der Waals surface area contributed by atoms with E-state index in [0.29, 0.717) is 35.1 Å². The Balaban J connectivity index is 1.47. The molecule has 10 heteroatoms. The van der Waals surface area contributed by atoms with Gasteiger partial charge in [0.25, 0.3) is 0 Å². The third-order valence-corrected chi connectivity index (χ3v) is 6.56. The average molecular weight is 462 g/mol. The summed E-state index contributed by atoms with van der Waals surface area (Å²) in [4.78, 5) is 6.45. The number of benzene rings is 1. The van der Waals surface area contributed by atoms with Crippen molar-refractivity contribution in [3.8, 4) is 11.6 Å². The standard InChI is InChI=1S/C22H22ClF2N5O2/c1-31-20-5-3-16(10-26-20)30-19(12-32-7-6-24)27-28-21(30)29-11-14-9-22(14,13-29)17-4-2-15(25)8-18(17)23/h2-5,8,10,14H,6-7,9,11-13H2,1H3/t14?,22-/m0/s1. The number of piperidine rings is 1. The van der Waals surface area contributed by atoms with Crippen LogP contribution in [-0.2, 0) is 16.8 Å². The first kappa shape index (κ1) is 21.1. The zero-order valence-electron chi connectivity index (χ0n) is 17.5. The predicted octanol–water partition coefficient (Wildman–Crippen LogP) is 3.73. The van der Waals surface area contributed by atoms with Gasteiger partial charge in [0.15, 0.2) is 5.82 Å². The van der Waals surface area contributed by atoms with Crippen LogP contribution in [0.5, 0.6) is 5.88 Å². The van der Waals surface area contributed by atoms with Crippen molar-refractivity contribution < 1.29 is 18.3 Å². The lowest BCUT2D eigenvalue weighted by Gasteiger charge is -2.23. The molecule has 168 valence electrons. The fourth-order valence-corrected chi connectivity index (χ4v) is 5.01. The topological polar surface area (TPSA) is 65.3 Å². The van der Waals surface area contributed by atoms with Crippen molar-refractivity contribution in [3.05, 3.63) is 58.8 Å². The van der Waals surface area contributed by atoms with Crippen LogP contribution in [0.4, 0.5) is 14.7 Å². The van der Waals surface area contributed by atoms with Gasteiger partial charge < -0.3 is 14.4 Å². The Morgan fingerprint density at radius 2 is 2.12 bits per heavy atom. The molecule has 0 amide bonds. The molecule has 0 bridgehead atoms. The van der Waals surface area contributed by atoms with E-state index in [4.69, 9.17) is 21.1 Å². The monoisotopic (exact) mass is 461 g/mol. The van der Waals surface area contributed by atoms with Crippen molar-refractivity contribution in [3.63, 3.8) is 0 Å². The number of methoxy groups -OCH3 is 1. The van der Waals surface area contributed by atoms with Crippen molar-refractivity contribution in [1.29, 1.82) is 0 Å². The molecule has 2 aliphatic rings. The molecule has 2 fully saturated rings. The van der Waals surface area contributed by atoms with Crippen molar-refractivity contribution in [2.24, 2.45) is 5.92 Å². The minimum atomic E-state index is -0.570. The lowest BCUT2D eigenvalue weighted by molar-refractivity contribution is 0.101. The molecule has 1 saturated heterocycles. The second-order valence-corrected chi connectivity index (χ2v) is 8.52. The quantitative estimate of drug-likeness (QED) is 0.476. The van der Waals surface area contributed by atoms with Gasteiger partial charge in [-0.15, -0.1) is 10.2 Å². The summed E-state index contributed by atoms with van der Waals surface area (Å²) in [7, 11) is 1.55. The van der Waals surface area contributed by atoms with Crippen LogP contribution in [0, 0.1) is 11.7 Å². The van der Waals surface area contributed by atoms with E-state index < -0.39 is 6.67 Å². The van der Waals surface area contributed by atoms with E-state index in [1.807, 2.05) is 10.6 Å². The lowest BCUT2D eigenvalue weighted by atomic mass is 9.95. The Hall–Kier alpha value is -2.78. The van der Waals surface area contributed by atoms with Crippen molar-refractivity contribution in [2.45, 2.75) is 18.4 Å². The van der Waals surface area contributed by atoms with Crippen LogP contribution in [0.2, 0.25) is 5.02 Å². The maximum atomic E-state index is 13.6. The Morgan fingerprint density at radius 1 is 1.25 bits per heavy atom. The van der Waals surface area contributed by atoms with E-state index in [0.717, 1.165) is 24.2 Å². The molecule has 2 atom stereocenters. The van der Waals surface area contributed by atoms with Crippen LogP contribution >= 0.6 is 11.6 Å². The van der Waals surface area contributed by atoms with Gasteiger partial charge in [-0.2, -0.15) is 0 Å². The third-order valence-electron chi connectivity index (χ3n) is 6.25. The maximum absolute atomic E-state index is 13.6. The van der Waals surface area contributed by atoms with Crippen LogP contribution in [0.3, 0.4) is 0 Å². The zero-order valence-corrected chi connectivity index (χ0v) is 18.2. The molecule has 1 saturated carbocycles. The molecule has 0 radical (unpaired) electrons. The fourth-order valence-electron chi connectivity index (χ4n) is 4.66. The number of nitrogens with zero attached hydrogens (tertiary/aromatic N) is 5. The van der Waals surface area contributed by atoms with Gasteiger partial charge in [-0.1, -0.05) is 17.7 Å². The molecule has 2 aromatic heterocycles. The number of ether oxygens (including phenoxy) is 2. The summed E-state index contributed by atoms with van der Waals surface area (Å²) in [6.45, 7) is 1.01. The number of rotatable bonds is 8. The number of fused-ring (bicyclic) bond motifs is 1. The van der Waals surface area contributed by atoms with Gasteiger partial charge in [0.1, 0.15) is 19.1 Å². The first-order valence-electron chi connectivity index (χ1n) is 10.3.